The van der Waals surface area contributed by atoms with Crippen molar-refractivity contribution >= 4 is 17.5 Å². The lowest BCUT2D eigenvalue weighted by molar-refractivity contribution is -0.146. The summed E-state index contributed by atoms with van der Waals surface area (Å²) in [7, 11) is 0. The zero-order valence-corrected chi connectivity index (χ0v) is 13.8. The predicted molar refractivity (Wildman–Crippen MR) is 86.0 cm³/mol. The molecule has 0 spiro atoms. The van der Waals surface area contributed by atoms with E-state index in [0.717, 1.165) is 12.8 Å². The van der Waals surface area contributed by atoms with Gasteiger partial charge in [0.05, 0.1) is 5.69 Å². The van der Waals surface area contributed by atoms with E-state index in [9.17, 15) is 14.0 Å². The van der Waals surface area contributed by atoms with E-state index in [0.29, 0.717) is 13.1 Å². The smallest absolute Gasteiger partial charge is 0.239 e. The van der Waals surface area contributed by atoms with Gasteiger partial charge < -0.3 is 10.2 Å². The number of anilines is 1. The van der Waals surface area contributed by atoms with Crippen LogP contribution in [0.5, 0.6) is 0 Å². The summed E-state index contributed by atoms with van der Waals surface area (Å²) in [6.07, 6.45) is 1.66. The van der Waals surface area contributed by atoms with Gasteiger partial charge in [0.2, 0.25) is 11.8 Å². The molecule has 122 valence electrons. The van der Waals surface area contributed by atoms with E-state index in [2.05, 4.69) is 5.32 Å². The lowest BCUT2D eigenvalue weighted by Gasteiger charge is -2.30. The van der Waals surface area contributed by atoms with Crippen LogP contribution in [0, 0.1) is 11.2 Å². The summed E-state index contributed by atoms with van der Waals surface area (Å²) < 4.78 is 13.6. The number of benzene rings is 1. The van der Waals surface area contributed by atoms with Crippen LogP contribution in [0.4, 0.5) is 10.1 Å². The number of halogens is 1. The van der Waals surface area contributed by atoms with Gasteiger partial charge in [0, 0.05) is 13.1 Å². The molecule has 0 aliphatic rings. The number of para-hydroxylation sites is 1. The minimum atomic E-state index is -1.24. The molecule has 22 heavy (non-hydrogen) atoms. The van der Waals surface area contributed by atoms with Crippen molar-refractivity contribution in [3.8, 4) is 0 Å². The van der Waals surface area contributed by atoms with Crippen molar-refractivity contribution in [3.05, 3.63) is 30.1 Å². The molecular weight excluding hydrogens is 283 g/mol. The number of rotatable bonds is 7. The number of carbonyl (C=O) groups is 2. The van der Waals surface area contributed by atoms with Crippen LogP contribution in [0.1, 0.15) is 40.5 Å². The van der Waals surface area contributed by atoms with E-state index in [1.807, 2.05) is 13.8 Å². The molecule has 0 radical (unpaired) electrons. The lowest BCUT2D eigenvalue weighted by atomic mass is 9.90. The largest absolute Gasteiger partial charge is 0.342 e. The molecule has 1 rings (SSSR count). The zero-order chi connectivity index (χ0) is 16.8. The Labute approximate surface area is 131 Å². The van der Waals surface area contributed by atoms with Gasteiger partial charge in [-0.05, 0) is 38.8 Å². The van der Waals surface area contributed by atoms with E-state index in [1.165, 1.54) is 12.1 Å². The van der Waals surface area contributed by atoms with Crippen LogP contribution in [-0.2, 0) is 9.59 Å². The molecular formula is C17H25FN2O2. The monoisotopic (exact) mass is 308 g/mol. The molecule has 0 saturated carbocycles. The van der Waals surface area contributed by atoms with E-state index < -0.39 is 17.1 Å². The third-order valence-corrected chi connectivity index (χ3v) is 3.50. The van der Waals surface area contributed by atoms with Crippen molar-refractivity contribution in [2.75, 3.05) is 18.4 Å². The van der Waals surface area contributed by atoms with E-state index in [-0.39, 0.29) is 11.6 Å². The molecule has 0 aromatic heterocycles. The first-order valence-corrected chi connectivity index (χ1v) is 7.69. The molecule has 5 heteroatoms. The van der Waals surface area contributed by atoms with E-state index in [4.69, 9.17) is 0 Å². The van der Waals surface area contributed by atoms with E-state index >= 15 is 0 Å². The average Bonchev–Trinajstić information content (AvgIpc) is 2.48. The maximum absolute atomic E-state index is 13.6. The maximum Gasteiger partial charge on any atom is 0.239 e. The molecule has 2 amide bonds. The molecule has 0 bridgehead atoms. The molecule has 0 heterocycles. The summed E-state index contributed by atoms with van der Waals surface area (Å²) in [5, 5.41) is 2.51. The van der Waals surface area contributed by atoms with Crippen LogP contribution in [0.15, 0.2) is 24.3 Å². The highest BCUT2D eigenvalue weighted by Gasteiger charge is 2.39. The SMILES string of the molecule is CCCN(CCC)C(=O)C(C)(C)C(=O)Nc1ccccc1F. The summed E-state index contributed by atoms with van der Waals surface area (Å²) in [6.45, 7) is 8.35. The normalized spacial score (nSPS) is 11.1. The minimum Gasteiger partial charge on any atom is -0.342 e. The van der Waals surface area contributed by atoms with Crippen LogP contribution >= 0.6 is 0 Å². The first-order valence-electron chi connectivity index (χ1n) is 7.69. The average molecular weight is 308 g/mol. The Morgan fingerprint density at radius 1 is 1.14 bits per heavy atom. The minimum absolute atomic E-state index is 0.0888. The van der Waals surface area contributed by atoms with Gasteiger partial charge in [-0.25, -0.2) is 4.39 Å². The number of carbonyl (C=O) groups excluding carboxylic acids is 2. The Bertz CT molecular complexity index is 523. The molecule has 0 fully saturated rings. The van der Waals surface area contributed by atoms with Gasteiger partial charge in [0.1, 0.15) is 11.2 Å². The van der Waals surface area contributed by atoms with Crippen molar-refractivity contribution in [2.24, 2.45) is 5.41 Å². The number of nitrogens with zero attached hydrogens (tertiary/aromatic N) is 1. The second-order valence-corrected chi connectivity index (χ2v) is 5.85. The first kappa shape index (κ1) is 18.1. The fraction of sp³-hybridized carbons (Fsp3) is 0.529. The summed E-state index contributed by atoms with van der Waals surface area (Å²) in [4.78, 5) is 26.7. The van der Waals surface area contributed by atoms with Crippen LogP contribution in [-0.4, -0.2) is 29.8 Å². The van der Waals surface area contributed by atoms with Crippen LogP contribution < -0.4 is 5.32 Å². The predicted octanol–water partition coefficient (Wildman–Crippen LogP) is 3.44. The number of hydrogen-bond acceptors (Lipinski definition) is 2. The summed E-state index contributed by atoms with van der Waals surface area (Å²) in [6, 6.07) is 5.92. The zero-order valence-electron chi connectivity index (χ0n) is 13.8. The van der Waals surface area contributed by atoms with Crippen molar-refractivity contribution in [1.29, 1.82) is 0 Å². The van der Waals surface area contributed by atoms with Gasteiger partial charge in [0.15, 0.2) is 0 Å². The number of amides is 2. The highest BCUT2D eigenvalue weighted by Crippen LogP contribution is 2.23. The third-order valence-electron chi connectivity index (χ3n) is 3.50. The van der Waals surface area contributed by atoms with Gasteiger partial charge in [-0.15, -0.1) is 0 Å². The van der Waals surface area contributed by atoms with Crippen molar-refractivity contribution < 1.29 is 14.0 Å². The molecule has 0 aliphatic heterocycles. The Hall–Kier alpha value is -1.91. The van der Waals surface area contributed by atoms with Crippen LogP contribution in [0.3, 0.4) is 0 Å². The maximum atomic E-state index is 13.6. The summed E-state index contributed by atoms with van der Waals surface area (Å²) in [5.41, 5.74) is -1.15. The fourth-order valence-corrected chi connectivity index (χ4v) is 2.19. The van der Waals surface area contributed by atoms with Crippen molar-refractivity contribution in [2.45, 2.75) is 40.5 Å². The third kappa shape index (κ3) is 4.29. The second-order valence-electron chi connectivity index (χ2n) is 5.85. The molecule has 4 nitrogen and oxygen atoms in total. The molecule has 1 N–H and O–H groups in total. The molecule has 0 saturated heterocycles. The van der Waals surface area contributed by atoms with Gasteiger partial charge >= 0.3 is 0 Å². The Morgan fingerprint density at radius 2 is 1.68 bits per heavy atom. The highest BCUT2D eigenvalue weighted by atomic mass is 19.1. The van der Waals surface area contributed by atoms with Gasteiger partial charge in [-0.1, -0.05) is 26.0 Å². The lowest BCUT2D eigenvalue weighted by Crippen LogP contribution is -2.48. The molecule has 1 aromatic rings. The summed E-state index contributed by atoms with van der Waals surface area (Å²) >= 11 is 0. The number of nitrogens with one attached hydrogen (secondary N) is 1. The van der Waals surface area contributed by atoms with Gasteiger partial charge in [-0.3, -0.25) is 9.59 Å². The standard InChI is InChI=1S/C17H25FN2O2/c1-5-11-20(12-6-2)16(22)17(3,4)15(21)19-14-10-8-7-9-13(14)18/h7-10H,5-6,11-12H2,1-4H3,(H,19,21). The molecule has 1 aromatic carbocycles. The van der Waals surface area contributed by atoms with Crippen LogP contribution in [0.2, 0.25) is 0 Å². The molecule has 0 aliphatic carbocycles. The first-order chi connectivity index (χ1) is 10.3. The molecule has 0 unspecified atom stereocenters. The summed E-state index contributed by atoms with van der Waals surface area (Å²) in [5.74, 6) is -1.25. The Morgan fingerprint density at radius 3 is 2.18 bits per heavy atom. The van der Waals surface area contributed by atoms with Crippen LogP contribution in [0.25, 0.3) is 0 Å². The molecule has 0 atom stereocenters. The number of hydrogen-bond donors (Lipinski definition) is 1. The fourth-order valence-electron chi connectivity index (χ4n) is 2.19. The quantitative estimate of drug-likeness (QED) is 0.784. The van der Waals surface area contributed by atoms with Crippen molar-refractivity contribution in [3.63, 3.8) is 0 Å². The Balaban J connectivity index is 2.89. The Kier molecular flexibility index (Phi) is 6.53. The topological polar surface area (TPSA) is 49.4 Å². The highest BCUT2D eigenvalue weighted by molar-refractivity contribution is 6.09. The second kappa shape index (κ2) is 7.92. The van der Waals surface area contributed by atoms with Gasteiger partial charge in [-0.2, -0.15) is 0 Å². The van der Waals surface area contributed by atoms with Crippen molar-refractivity contribution in [1.82, 2.24) is 4.90 Å². The van der Waals surface area contributed by atoms with Gasteiger partial charge in [0.25, 0.3) is 0 Å². The van der Waals surface area contributed by atoms with E-state index in [1.54, 1.807) is 30.9 Å².